The molecule has 3 rings (SSSR count). The summed E-state index contributed by atoms with van der Waals surface area (Å²) in [6, 6.07) is -0.364. The first-order valence-electron chi connectivity index (χ1n) is 7.17. The van der Waals surface area contributed by atoms with Crippen LogP contribution in [0, 0.1) is 13.8 Å². The fourth-order valence-corrected chi connectivity index (χ4v) is 3.04. The van der Waals surface area contributed by atoms with Crippen molar-refractivity contribution in [3.63, 3.8) is 0 Å². The summed E-state index contributed by atoms with van der Waals surface area (Å²) in [5.74, 6) is 0.693. The normalized spacial score (nSPS) is 12.5. The number of nitrogens with one attached hydrogen (secondary N) is 2. The van der Waals surface area contributed by atoms with Gasteiger partial charge in [-0.3, -0.25) is 19.1 Å². The van der Waals surface area contributed by atoms with Gasteiger partial charge in [0.15, 0.2) is 10.8 Å². The number of fused-ring (bicyclic) bond motifs is 1. The highest BCUT2D eigenvalue weighted by molar-refractivity contribution is 7.16. The Bertz CT molecular complexity index is 925. The van der Waals surface area contributed by atoms with E-state index >= 15 is 0 Å². The number of carbonyl (C=O) groups is 1. The molecule has 0 aliphatic heterocycles. The Morgan fingerprint density at radius 2 is 2.26 bits per heavy atom. The van der Waals surface area contributed by atoms with E-state index < -0.39 is 5.91 Å². The number of H-pyrrole nitrogens is 1. The predicted molar refractivity (Wildman–Crippen MR) is 85.7 cm³/mol. The van der Waals surface area contributed by atoms with Crippen LogP contribution in [-0.4, -0.2) is 30.5 Å². The summed E-state index contributed by atoms with van der Waals surface area (Å²) in [6.07, 6.45) is 3.61. The van der Waals surface area contributed by atoms with Gasteiger partial charge in [-0.05, 0) is 20.3 Å². The summed E-state index contributed by atoms with van der Waals surface area (Å²) in [5.41, 5.74) is -0.371. The van der Waals surface area contributed by atoms with Crippen LogP contribution in [-0.2, 0) is 0 Å². The molecular formula is C14H16N6O2S. The summed E-state index contributed by atoms with van der Waals surface area (Å²) in [5, 5.41) is 9.60. The molecule has 2 N–H and O–H groups in total. The average molecular weight is 332 g/mol. The van der Waals surface area contributed by atoms with Crippen LogP contribution in [0.2, 0.25) is 0 Å². The van der Waals surface area contributed by atoms with E-state index in [1.54, 1.807) is 13.1 Å². The highest BCUT2D eigenvalue weighted by atomic mass is 32.1. The number of amides is 1. The molecule has 120 valence electrons. The lowest BCUT2D eigenvalue weighted by molar-refractivity contribution is 0.0931. The van der Waals surface area contributed by atoms with Gasteiger partial charge in [0.05, 0.1) is 6.04 Å². The van der Waals surface area contributed by atoms with Crippen molar-refractivity contribution >= 4 is 22.2 Å². The third-order valence-corrected chi connectivity index (χ3v) is 4.32. The van der Waals surface area contributed by atoms with Crippen molar-refractivity contribution in [1.29, 1.82) is 0 Å². The third kappa shape index (κ3) is 2.87. The number of rotatable bonds is 4. The summed E-state index contributed by atoms with van der Waals surface area (Å²) >= 11 is 1.40. The van der Waals surface area contributed by atoms with Crippen LogP contribution in [0.1, 0.15) is 46.3 Å². The minimum Gasteiger partial charge on any atom is -0.342 e. The van der Waals surface area contributed by atoms with Gasteiger partial charge >= 0.3 is 0 Å². The first-order valence-corrected chi connectivity index (χ1v) is 7.98. The van der Waals surface area contributed by atoms with Crippen molar-refractivity contribution in [2.24, 2.45) is 0 Å². The van der Waals surface area contributed by atoms with Gasteiger partial charge in [0, 0.05) is 17.3 Å². The van der Waals surface area contributed by atoms with E-state index in [0.717, 1.165) is 4.88 Å². The van der Waals surface area contributed by atoms with Gasteiger partial charge in [-0.1, -0.05) is 6.92 Å². The summed E-state index contributed by atoms with van der Waals surface area (Å²) in [6.45, 7) is 5.58. The molecule has 0 spiro atoms. The Kier molecular flexibility index (Phi) is 3.95. The first-order chi connectivity index (χ1) is 11.0. The average Bonchev–Trinajstić information content (AvgIpc) is 3.10. The van der Waals surface area contributed by atoms with Crippen molar-refractivity contribution in [2.75, 3.05) is 0 Å². The number of aryl methyl sites for hydroxylation is 2. The Labute approximate surface area is 135 Å². The molecule has 0 aliphatic rings. The van der Waals surface area contributed by atoms with Crippen LogP contribution in [0.4, 0.5) is 0 Å². The van der Waals surface area contributed by atoms with E-state index in [4.69, 9.17) is 0 Å². The molecule has 8 nitrogen and oxygen atoms in total. The molecular weight excluding hydrogens is 316 g/mol. The fraction of sp³-hybridized carbons (Fsp3) is 0.357. The van der Waals surface area contributed by atoms with Crippen LogP contribution in [0.5, 0.6) is 0 Å². The Hall–Kier alpha value is -2.55. The monoisotopic (exact) mass is 332 g/mol. The smallest absolute Gasteiger partial charge is 0.271 e. The van der Waals surface area contributed by atoms with E-state index in [9.17, 15) is 9.59 Å². The first kappa shape index (κ1) is 15.3. The SMILES string of the molecule is CC[C@H](NC(=O)c1cnc2sc(C)cn2c1=O)c1n[nH]c(C)n1. The number of thiazole rings is 1. The van der Waals surface area contributed by atoms with Gasteiger partial charge in [0.2, 0.25) is 0 Å². The van der Waals surface area contributed by atoms with Crippen molar-refractivity contribution in [2.45, 2.75) is 33.2 Å². The van der Waals surface area contributed by atoms with Gasteiger partial charge in [-0.25, -0.2) is 9.97 Å². The van der Waals surface area contributed by atoms with Crippen LogP contribution in [0.25, 0.3) is 4.96 Å². The Balaban J connectivity index is 1.90. The second kappa shape index (κ2) is 5.92. The molecule has 1 amide bonds. The maximum absolute atomic E-state index is 12.4. The molecule has 0 bridgehead atoms. The minimum atomic E-state index is -0.477. The maximum Gasteiger partial charge on any atom is 0.271 e. The van der Waals surface area contributed by atoms with Gasteiger partial charge in [-0.2, -0.15) is 5.10 Å². The van der Waals surface area contributed by atoms with Crippen molar-refractivity contribution in [1.82, 2.24) is 29.9 Å². The quantitative estimate of drug-likeness (QED) is 0.751. The van der Waals surface area contributed by atoms with Crippen molar-refractivity contribution in [3.8, 4) is 0 Å². The summed E-state index contributed by atoms with van der Waals surface area (Å²) in [7, 11) is 0. The van der Waals surface area contributed by atoms with E-state index in [1.165, 1.54) is 21.9 Å². The number of carbonyl (C=O) groups excluding carboxylic acids is 1. The van der Waals surface area contributed by atoms with Crippen LogP contribution in [0.15, 0.2) is 17.2 Å². The predicted octanol–water partition coefficient (Wildman–Crippen LogP) is 1.37. The molecule has 0 aromatic carbocycles. The molecule has 23 heavy (non-hydrogen) atoms. The molecule has 1 atom stereocenters. The molecule has 0 aliphatic carbocycles. The molecule has 3 aromatic heterocycles. The summed E-state index contributed by atoms with van der Waals surface area (Å²) in [4.78, 5) is 34.8. The lowest BCUT2D eigenvalue weighted by Gasteiger charge is -2.13. The molecule has 0 saturated heterocycles. The second-order valence-corrected chi connectivity index (χ2v) is 6.40. The zero-order valence-electron chi connectivity index (χ0n) is 13.0. The largest absolute Gasteiger partial charge is 0.342 e. The lowest BCUT2D eigenvalue weighted by atomic mass is 10.2. The second-order valence-electron chi connectivity index (χ2n) is 5.18. The number of aromatic nitrogens is 5. The number of hydrogen-bond acceptors (Lipinski definition) is 6. The fourth-order valence-electron chi connectivity index (χ4n) is 2.25. The topological polar surface area (TPSA) is 105 Å². The highest BCUT2D eigenvalue weighted by Gasteiger charge is 2.21. The van der Waals surface area contributed by atoms with Crippen LogP contribution in [0.3, 0.4) is 0 Å². The number of aromatic amines is 1. The van der Waals surface area contributed by atoms with E-state index in [2.05, 4.69) is 25.5 Å². The van der Waals surface area contributed by atoms with Gasteiger partial charge < -0.3 is 5.32 Å². The standard InChI is InChI=1S/C14H16N6O2S/c1-4-10(11-16-8(3)18-19-11)17-12(21)9-5-15-14-20(13(9)22)6-7(2)23-14/h5-6,10H,4H2,1-3H3,(H,17,21)(H,16,18,19)/t10-/m0/s1. The summed E-state index contributed by atoms with van der Waals surface area (Å²) < 4.78 is 1.40. The molecule has 0 fully saturated rings. The van der Waals surface area contributed by atoms with Gasteiger partial charge in [0.1, 0.15) is 11.4 Å². The molecule has 9 heteroatoms. The number of hydrogen-bond donors (Lipinski definition) is 2. The molecule has 0 unspecified atom stereocenters. The van der Waals surface area contributed by atoms with Crippen LogP contribution >= 0.6 is 11.3 Å². The van der Waals surface area contributed by atoms with Crippen LogP contribution < -0.4 is 10.9 Å². The molecule has 0 radical (unpaired) electrons. The maximum atomic E-state index is 12.4. The zero-order valence-corrected chi connectivity index (χ0v) is 13.8. The Morgan fingerprint density at radius 3 is 2.91 bits per heavy atom. The minimum absolute atomic E-state index is 0.00556. The van der Waals surface area contributed by atoms with Crippen molar-refractivity contribution < 1.29 is 4.79 Å². The Morgan fingerprint density at radius 1 is 1.48 bits per heavy atom. The van der Waals surface area contributed by atoms with E-state index in [0.29, 0.717) is 23.0 Å². The van der Waals surface area contributed by atoms with Gasteiger partial charge in [-0.15, -0.1) is 11.3 Å². The molecule has 0 saturated carbocycles. The number of nitrogens with zero attached hydrogens (tertiary/aromatic N) is 4. The van der Waals surface area contributed by atoms with E-state index in [1.807, 2.05) is 13.8 Å². The lowest BCUT2D eigenvalue weighted by Crippen LogP contribution is -2.34. The molecule has 3 heterocycles. The third-order valence-electron chi connectivity index (χ3n) is 3.41. The molecule has 3 aromatic rings. The van der Waals surface area contributed by atoms with Gasteiger partial charge in [0.25, 0.3) is 11.5 Å². The zero-order chi connectivity index (χ0) is 16.6. The van der Waals surface area contributed by atoms with E-state index in [-0.39, 0.29) is 17.2 Å². The highest BCUT2D eigenvalue weighted by Crippen LogP contribution is 2.14. The van der Waals surface area contributed by atoms with Crippen molar-refractivity contribution in [3.05, 3.63) is 44.8 Å².